The molecule has 1 saturated heterocycles. The van der Waals surface area contributed by atoms with Crippen LogP contribution in [-0.4, -0.2) is 27.5 Å². The van der Waals surface area contributed by atoms with E-state index in [-0.39, 0.29) is 5.56 Å². The van der Waals surface area contributed by atoms with Crippen LogP contribution in [0.2, 0.25) is 0 Å². The molecule has 1 N–H and O–H groups in total. The molecule has 1 aliphatic heterocycles. The maximum Gasteiger partial charge on any atom is 0.294 e. The molecule has 23 heavy (non-hydrogen) atoms. The number of halogens is 1. The summed E-state index contributed by atoms with van der Waals surface area (Å²) in [4.78, 5) is 22.4. The standard InChI is InChI=1S/C17H16BrN3O2/c18-10-2-4-13-12(6-10)15-16(23-13)17(22)20-14(19-15)8-21-7-9-1-3-11(21)5-9/h2,4,6,9,11H,1,3,5,7-8H2,(H,19,20,22). The molecule has 1 aliphatic carbocycles. The fourth-order valence-corrected chi connectivity index (χ4v) is 4.52. The zero-order chi connectivity index (χ0) is 15.6. The molecular formula is C17H16BrN3O2. The summed E-state index contributed by atoms with van der Waals surface area (Å²) in [5.74, 6) is 1.57. The number of piperidine rings is 1. The van der Waals surface area contributed by atoms with Gasteiger partial charge in [0.2, 0.25) is 5.58 Å². The summed E-state index contributed by atoms with van der Waals surface area (Å²) in [6.45, 7) is 1.84. The molecule has 2 fully saturated rings. The van der Waals surface area contributed by atoms with Crippen molar-refractivity contribution in [2.45, 2.75) is 31.8 Å². The summed E-state index contributed by atoms with van der Waals surface area (Å²) in [6.07, 6.45) is 3.93. The van der Waals surface area contributed by atoms with E-state index in [1.54, 1.807) is 0 Å². The number of H-pyrrole nitrogens is 1. The van der Waals surface area contributed by atoms with Gasteiger partial charge in [-0.15, -0.1) is 0 Å². The van der Waals surface area contributed by atoms with Crippen LogP contribution in [0.4, 0.5) is 0 Å². The molecule has 2 bridgehead atoms. The Morgan fingerprint density at radius 3 is 3.09 bits per heavy atom. The van der Waals surface area contributed by atoms with Crippen LogP contribution in [0.15, 0.2) is 31.9 Å². The van der Waals surface area contributed by atoms with Gasteiger partial charge in [0.05, 0.1) is 6.54 Å². The Morgan fingerprint density at radius 2 is 2.30 bits per heavy atom. The second kappa shape index (κ2) is 4.92. The van der Waals surface area contributed by atoms with E-state index in [0.717, 1.165) is 28.1 Å². The normalized spacial score (nSPS) is 24.2. The lowest BCUT2D eigenvalue weighted by molar-refractivity contribution is 0.200. The third-order valence-electron chi connectivity index (χ3n) is 5.21. The molecule has 6 heteroatoms. The van der Waals surface area contributed by atoms with E-state index in [0.29, 0.717) is 29.3 Å². The molecule has 0 spiro atoms. The molecule has 3 aromatic rings. The molecule has 0 amide bonds. The summed E-state index contributed by atoms with van der Waals surface area (Å²) >= 11 is 3.47. The first kappa shape index (κ1) is 13.7. The van der Waals surface area contributed by atoms with E-state index in [1.807, 2.05) is 18.2 Å². The Kier molecular flexibility index (Phi) is 2.94. The smallest absolute Gasteiger partial charge is 0.294 e. The zero-order valence-corrected chi connectivity index (χ0v) is 14.1. The summed E-state index contributed by atoms with van der Waals surface area (Å²) in [7, 11) is 0. The Balaban J connectivity index is 1.61. The Bertz CT molecular complexity index is 977. The fourth-order valence-electron chi connectivity index (χ4n) is 4.16. The Morgan fingerprint density at radius 1 is 1.39 bits per heavy atom. The van der Waals surface area contributed by atoms with Gasteiger partial charge in [-0.1, -0.05) is 15.9 Å². The number of aromatic amines is 1. The largest absolute Gasteiger partial charge is 0.449 e. The van der Waals surface area contributed by atoms with Crippen molar-refractivity contribution in [3.8, 4) is 0 Å². The van der Waals surface area contributed by atoms with E-state index < -0.39 is 0 Å². The number of likely N-dealkylation sites (tertiary alicyclic amines) is 1. The Labute approximate surface area is 140 Å². The van der Waals surface area contributed by atoms with Crippen molar-refractivity contribution >= 4 is 38.0 Å². The van der Waals surface area contributed by atoms with Crippen LogP contribution in [0.5, 0.6) is 0 Å². The van der Waals surface area contributed by atoms with Gasteiger partial charge in [-0.05, 0) is 43.4 Å². The first-order valence-corrected chi connectivity index (χ1v) is 8.82. The molecular weight excluding hydrogens is 358 g/mol. The third kappa shape index (κ3) is 2.16. The molecule has 5 nitrogen and oxygen atoms in total. The van der Waals surface area contributed by atoms with Crippen molar-refractivity contribution in [1.82, 2.24) is 14.9 Å². The highest BCUT2D eigenvalue weighted by Crippen LogP contribution is 2.38. The average Bonchev–Trinajstić information content (AvgIpc) is 3.21. The van der Waals surface area contributed by atoms with Crippen LogP contribution in [-0.2, 0) is 6.54 Å². The van der Waals surface area contributed by atoms with E-state index in [9.17, 15) is 4.79 Å². The van der Waals surface area contributed by atoms with Crippen LogP contribution in [0, 0.1) is 5.92 Å². The number of nitrogens with one attached hydrogen (secondary N) is 1. The van der Waals surface area contributed by atoms with Gasteiger partial charge in [0, 0.05) is 22.4 Å². The van der Waals surface area contributed by atoms with E-state index in [2.05, 4.69) is 25.8 Å². The van der Waals surface area contributed by atoms with Gasteiger partial charge in [0.1, 0.15) is 16.9 Å². The SMILES string of the molecule is O=c1[nH]c(CN2CC3CCC2C3)nc2c1oc1ccc(Br)cc12. The van der Waals surface area contributed by atoms with Crippen LogP contribution in [0.25, 0.3) is 22.1 Å². The summed E-state index contributed by atoms with van der Waals surface area (Å²) in [5, 5.41) is 0.879. The number of hydrogen-bond acceptors (Lipinski definition) is 4. The van der Waals surface area contributed by atoms with Gasteiger partial charge in [-0.25, -0.2) is 4.98 Å². The number of fused-ring (bicyclic) bond motifs is 5. The van der Waals surface area contributed by atoms with Crippen molar-refractivity contribution in [3.63, 3.8) is 0 Å². The molecule has 2 aromatic heterocycles. The monoisotopic (exact) mass is 373 g/mol. The molecule has 2 aliphatic rings. The lowest BCUT2D eigenvalue weighted by atomic mass is 10.1. The molecule has 2 unspecified atom stereocenters. The number of aromatic nitrogens is 2. The van der Waals surface area contributed by atoms with Crippen LogP contribution < -0.4 is 5.56 Å². The summed E-state index contributed by atoms with van der Waals surface area (Å²) in [6, 6.07) is 6.38. The first-order valence-electron chi connectivity index (χ1n) is 8.02. The maximum absolute atomic E-state index is 12.4. The molecule has 0 radical (unpaired) electrons. The van der Waals surface area contributed by atoms with Crippen molar-refractivity contribution in [3.05, 3.63) is 38.9 Å². The number of benzene rings is 1. The third-order valence-corrected chi connectivity index (χ3v) is 5.70. The van der Waals surface area contributed by atoms with Crippen LogP contribution in [0.1, 0.15) is 25.1 Å². The molecule has 118 valence electrons. The van der Waals surface area contributed by atoms with E-state index >= 15 is 0 Å². The molecule has 1 aromatic carbocycles. The minimum absolute atomic E-state index is 0.193. The molecule has 2 atom stereocenters. The number of hydrogen-bond donors (Lipinski definition) is 1. The van der Waals surface area contributed by atoms with Crippen LogP contribution in [0.3, 0.4) is 0 Å². The second-order valence-electron chi connectivity index (χ2n) is 6.70. The highest BCUT2D eigenvalue weighted by atomic mass is 79.9. The molecule has 1 saturated carbocycles. The topological polar surface area (TPSA) is 62.1 Å². The minimum Gasteiger partial charge on any atom is -0.449 e. The van der Waals surface area contributed by atoms with Gasteiger partial charge in [0.15, 0.2) is 0 Å². The van der Waals surface area contributed by atoms with Gasteiger partial charge in [0.25, 0.3) is 5.56 Å². The van der Waals surface area contributed by atoms with Crippen molar-refractivity contribution in [2.24, 2.45) is 5.92 Å². The van der Waals surface area contributed by atoms with Crippen LogP contribution >= 0.6 is 15.9 Å². The minimum atomic E-state index is -0.193. The number of furan rings is 1. The predicted molar refractivity (Wildman–Crippen MR) is 91.4 cm³/mol. The fraction of sp³-hybridized carbons (Fsp3) is 0.412. The molecule has 5 rings (SSSR count). The average molecular weight is 374 g/mol. The van der Waals surface area contributed by atoms with Gasteiger partial charge >= 0.3 is 0 Å². The lowest BCUT2D eigenvalue weighted by Crippen LogP contribution is -2.32. The second-order valence-corrected chi connectivity index (χ2v) is 7.61. The highest BCUT2D eigenvalue weighted by Gasteiger charge is 2.37. The van der Waals surface area contributed by atoms with E-state index in [4.69, 9.17) is 9.40 Å². The zero-order valence-electron chi connectivity index (χ0n) is 12.5. The number of nitrogens with zero attached hydrogens (tertiary/aromatic N) is 2. The van der Waals surface area contributed by atoms with Gasteiger partial charge in [-0.3, -0.25) is 9.69 Å². The summed E-state index contributed by atoms with van der Waals surface area (Å²) < 4.78 is 6.62. The van der Waals surface area contributed by atoms with Crippen molar-refractivity contribution in [1.29, 1.82) is 0 Å². The first-order chi connectivity index (χ1) is 11.2. The van der Waals surface area contributed by atoms with Crippen molar-refractivity contribution in [2.75, 3.05) is 6.54 Å². The maximum atomic E-state index is 12.4. The van der Waals surface area contributed by atoms with Gasteiger partial charge < -0.3 is 9.40 Å². The lowest BCUT2D eigenvalue weighted by Gasteiger charge is -2.25. The Hall–Kier alpha value is -1.66. The molecule has 3 heterocycles. The summed E-state index contributed by atoms with van der Waals surface area (Å²) in [5.41, 5.74) is 1.47. The van der Waals surface area contributed by atoms with Gasteiger partial charge in [-0.2, -0.15) is 0 Å². The predicted octanol–water partition coefficient (Wildman–Crippen LogP) is 3.42. The quantitative estimate of drug-likeness (QED) is 0.747. The van der Waals surface area contributed by atoms with E-state index in [1.165, 1.54) is 19.3 Å². The number of rotatable bonds is 2. The van der Waals surface area contributed by atoms with Crippen molar-refractivity contribution < 1.29 is 4.42 Å². The highest BCUT2D eigenvalue weighted by molar-refractivity contribution is 9.10.